The summed E-state index contributed by atoms with van der Waals surface area (Å²) in [4.78, 5) is 41.6. The van der Waals surface area contributed by atoms with Gasteiger partial charge in [-0.15, -0.1) is 0 Å². The van der Waals surface area contributed by atoms with E-state index in [1.54, 1.807) is 37.3 Å². The molecule has 0 aliphatic heterocycles. The van der Waals surface area contributed by atoms with E-state index in [2.05, 4.69) is 25.8 Å². The minimum Gasteiger partial charge on any atom is -0.461 e. The van der Waals surface area contributed by atoms with Crippen LogP contribution in [0.15, 0.2) is 72.8 Å². The van der Waals surface area contributed by atoms with Crippen LogP contribution < -0.4 is 10.6 Å². The van der Waals surface area contributed by atoms with Crippen LogP contribution >= 0.6 is 11.6 Å². The molecule has 0 saturated heterocycles. The van der Waals surface area contributed by atoms with E-state index in [-0.39, 0.29) is 40.7 Å². The number of nitrogens with zero attached hydrogens (tertiary/aromatic N) is 1. The molecule has 2 aromatic heterocycles. The molecule has 214 valence electrons. The van der Waals surface area contributed by atoms with Gasteiger partial charge in [0.15, 0.2) is 5.82 Å². The number of fused-ring (bicyclic) bond motifs is 1. The van der Waals surface area contributed by atoms with Crippen molar-refractivity contribution in [3.8, 4) is 11.3 Å². The number of anilines is 1. The fraction of sp³-hybridized carbons (Fsp3) is 0.133. The van der Waals surface area contributed by atoms with E-state index in [9.17, 15) is 23.2 Å². The Hall–Kier alpha value is -5.03. The number of benzene rings is 3. The highest BCUT2D eigenvalue weighted by molar-refractivity contribution is 6.31. The van der Waals surface area contributed by atoms with Crippen molar-refractivity contribution < 1.29 is 27.9 Å². The van der Waals surface area contributed by atoms with Crippen molar-refractivity contribution in [2.24, 2.45) is 0 Å². The highest BCUT2D eigenvalue weighted by atomic mass is 35.5. The molecule has 3 aromatic carbocycles. The standard InChI is InChI=1S/C30H24ClF2N5O4/c1-2-42-30(41)26-14-17-13-19(10-11-22(17)35-26)34-28(39)24(12-16-6-8-18(32)9-7-16)36-29(40)25-15-23(37-38-25)20-4-3-5-21(31)27(20)33/h3-11,13-15,24,35H,2,12H2,1H3,(H,34,39)(H,36,40)(H,37,38). The van der Waals surface area contributed by atoms with Crippen LogP contribution in [0.25, 0.3) is 22.2 Å². The summed E-state index contributed by atoms with van der Waals surface area (Å²) in [7, 11) is 0. The van der Waals surface area contributed by atoms with Gasteiger partial charge in [-0.25, -0.2) is 13.6 Å². The molecule has 12 heteroatoms. The molecular formula is C30H24ClF2N5O4. The second kappa shape index (κ2) is 12.2. The molecule has 1 atom stereocenters. The Labute approximate surface area is 243 Å². The van der Waals surface area contributed by atoms with E-state index < -0.39 is 35.5 Å². The number of rotatable bonds is 9. The average molecular weight is 592 g/mol. The predicted octanol–water partition coefficient (Wildman–Crippen LogP) is 5.65. The van der Waals surface area contributed by atoms with Crippen LogP contribution in [-0.4, -0.2) is 45.6 Å². The Bertz CT molecular complexity index is 1780. The number of H-pyrrole nitrogens is 2. The van der Waals surface area contributed by atoms with E-state index >= 15 is 0 Å². The highest BCUT2D eigenvalue weighted by Crippen LogP contribution is 2.27. The first-order chi connectivity index (χ1) is 20.2. The minimum atomic E-state index is -1.09. The number of aromatic amines is 2. The van der Waals surface area contributed by atoms with Gasteiger partial charge in [0.2, 0.25) is 5.91 Å². The fourth-order valence-electron chi connectivity index (χ4n) is 4.34. The minimum absolute atomic E-state index is 0.0125. The molecule has 5 rings (SSSR count). The fourth-order valence-corrected chi connectivity index (χ4v) is 4.51. The van der Waals surface area contributed by atoms with Gasteiger partial charge < -0.3 is 20.4 Å². The summed E-state index contributed by atoms with van der Waals surface area (Å²) in [5.41, 5.74) is 2.20. The van der Waals surface area contributed by atoms with E-state index in [0.29, 0.717) is 22.2 Å². The first-order valence-electron chi connectivity index (χ1n) is 12.9. The van der Waals surface area contributed by atoms with E-state index in [4.69, 9.17) is 16.3 Å². The van der Waals surface area contributed by atoms with Gasteiger partial charge in [-0.3, -0.25) is 14.7 Å². The quantitative estimate of drug-likeness (QED) is 0.165. The number of nitrogens with one attached hydrogen (secondary N) is 4. The molecule has 2 heterocycles. The third-order valence-corrected chi connectivity index (χ3v) is 6.70. The second-order valence-corrected chi connectivity index (χ2v) is 9.73. The third kappa shape index (κ3) is 6.31. The summed E-state index contributed by atoms with van der Waals surface area (Å²) in [6, 6.07) is 16.8. The smallest absolute Gasteiger partial charge is 0.354 e. The molecular weight excluding hydrogens is 568 g/mol. The van der Waals surface area contributed by atoms with Gasteiger partial charge >= 0.3 is 5.97 Å². The number of esters is 1. The second-order valence-electron chi connectivity index (χ2n) is 9.32. The summed E-state index contributed by atoms with van der Waals surface area (Å²) in [6.45, 7) is 1.94. The first kappa shape index (κ1) is 28.5. The van der Waals surface area contributed by atoms with E-state index in [1.165, 1.54) is 42.5 Å². The number of hydrogen-bond donors (Lipinski definition) is 4. The SMILES string of the molecule is CCOC(=O)c1cc2cc(NC(=O)C(Cc3ccc(F)cc3)NC(=O)c3cc(-c4cccc(Cl)c4F)n[nH]3)ccc2[nH]1. The van der Waals surface area contributed by atoms with Crippen molar-refractivity contribution in [2.75, 3.05) is 11.9 Å². The maximum Gasteiger partial charge on any atom is 0.354 e. The molecule has 0 bridgehead atoms. The molecule has 0 radical (unpaired) electrons. The molecule has 9 nitrogen and oxygen atoms in total. The zero-order chi connectivity index (χ0) is 29.8. The molecule has 5 aromatic rings. The maximum absolute atomic E-state index is 14.5. The number of ether oxygens (including phenoxy) is 1. The van der Waals surface area contributed by atoms with Crippen LogP contribution in [-0.2, 0) is 16.0 Å². The van der Waals surface area contributed by atoms with Gasteiger partial charge in [-0.05, 0) is 67.1 Å². The van der Waals surface area contributed by atoms with Crippen LogP contribution in [0.4, 0.5) is 14.5 Å². The van der Waals surface area contributed by atoms with E-state index in [1.807, 2.05) is 0 Å². The highest BCUT2D eigenvalue weighted by Gasteiger charge is 2.24. The number of amides is 2. The number of halogens is 3. The zero-order valence-corrected chi connectivity index (χ0v) is 22.9. The molecule has 0 spiro atoms. The predicted molar refractivity (Wildman–Crippen MR) is 153 cm³/mol. The summed E-state index contributed by atoms with van der Waals surface area (Å²) >= 11 is 5.87. The Morgan fingerprint density at radius 2 is 1.79 bits per heavy atom. The maximum atomic E-state index is 14.5. The van der Waals surface area contributed by atoms with Gasteiger partial charge in [0.25, 0.3) is 5.91 Å². The molecule has 42 heavy (non-hydrogen) atoms. The van der Waals surface area contributed by atoms with Gasteiger partial charge in [-0.2, -0.15) is 5.10 Å². The molecule has 4 N–H and O–H groups in total. The summed E-state index contributed by atoms with van der Waals surface area (Å²) < 4.78 is 33.0. The van der Waals surface area contributed by atoms with Gasteiger partial charge in [-0.1, -0.05) is 29.8 Å². The van der Waals surface area contributed by atoms with Crippen LogP contribution in [0.3, 0.4) is 0 Å². The Kier molecular flexibility index (Phi) is 8.30. The molecule has 1 unspecified atom stereocenters. The van der Waals surface area contributed by atoms with Crippen molar-refractivity contribution in [2.45, 2.75) is 19.4 Å². The van der Waals surface area contributed by atoms with Crippen molar-refractivity contribution in [1.82, 2.24) is 20.5 Å². The Morgan fingerprint density at radius 3 is 2.55 bits per heavy atom. The molecule has 0 saturated carbocycles. The summed E-state index contributed by atoms with van der Waals surface area (Å²) in [5, 5.41) is 12.6. The zero-order valence-electron chi connectivity index (χ0n) is 22.1. The number of aromatic nitrogens is 3. The summed E-state index contributed by atoms with van der Waals surface area (Å²) in [6.07, 6.45) is 0.0428. The Morgan fingerprint density at radius 1 is 1.00 bits per heavy atom. The van der Waals surface area contributed by atoms with E-state index in [0.717, 1.165) is 0 Å². The number of carbonyl (C=O) groups excluding carboxylic acids is 3. The van der Waals surface area contributed by atoms with Crippen molar-refractivity contribution >= 4 is 46.0 Å². The van der Waals surface area contributed by atoms with Crippen molar-refractivity contribution in [1.29, 1.82) is 0 Å². The largest absolute Gasteiger partial charge is 0.461 e. The molecule has 2 amide bonds. The first-order valence-corrected chi connectivity index (χ1v) is 13.3. The lowest BCUT2D eigenvalue weighted by Gasteiger charge is -2.18. The van der Waals surface area contributed by atoms with Gasteiger partial charge in [0.1, 0.15) is 23.2 Å². The Balaban J connectivity index is 1.36. The van der Waals surface area contributed by atoms with Crippen LogP contribution in [0.1, 0.15) is 33.5 Å². The number of carbonyl (C=O) groups is 3. The van der Waals surface area contributed by atoms with Crippen LogP contribution in [0.5, 0.6) is 0 Å². The number of hydrogen-bond acceptors (Lipinski definition) is 5. The summed E-state index contributed by atoms with van der Waals surface area (Å²) in [5.74, 6) is -2.84. The van der Waals surface area contributed by atoms with Crippen molar-refractivity contribution in [3.05, 3.63) is 106 Å². The molecule has 0 fully saturated rings. The molecule has 0 aliphatic carbocycles. The van der Waals surface area contributed by atoms with Gasteiger partial charge in [0.05, 0.1) is 17.3 Å². The average Bonchev–Trinajstić information content (AvgIpc) is 3.63. The molecule has 0 aliphatic rings. The third-order valence-electron chi connectivity index (χ3n) is 6.41. The lowest BCUT2D eigenvalue weighted by Crippen LogP contribution is -2.45. The topological polar surface area (TPSA) is 129 Å². The monoisotopic (exact) mass is 591 g/mol. The van der Waals surface area contributed by atoms with Crippen LogP contribution in [0.2, 0.25) is 5.02 Å². The normalized spacial score (nSPS) is 11.7. The van der Waals surface area contributed by atoms with Crippen molar-refractivity contribution in [3.63, 3.8) is 0 Å². The van der Waals surface area contributed by atoms with Gasteiger partial charge in [0, 0.05) is 28.6 Å². The lowest BCUT2D eigenvalue weighted by molar-refractivity contribution is -0.118. The lowest BCUT2D eigenvalue weighted by atomic mass is 10.0. The van der Waals surface area contributed by atoms with Crippen LogP contribution in [0, 0.1) is 11.6 Å².